The molecule has 1 aliphatic heterocycles. The summed E-state index contributed by atoms with van der Waals surface area (Å²) in [5.41, 5.74) is 1.94. The molecule has 27 heavy (non-hydrogen) atoms. The number of hydrogen-bond acceptors (Lipinski definition) is 4. The van der Waals surface area contributed by atoms with Crippen LogP contribution in [0.5, 0.6) is 0 Å². The van der Waals surface area contributed by atoms with Gasteiger partial charge in [-0.05, 0) is 38.9 Å². The normalized spacial score (nSPS) is 20.1. The number of nitrogens with zero attached hydrogens (tertiary/aromatic N) is 2. The number of fused-ring (bicyclic) bond motifs is 1. The maximum atomic E-state index is 13.3. The van der Waals surface area contributed by atoms with Crippen LogP contribution in [0.1, 0.15) is 54.6 Å². The predicted molar refractivity (Wildman–Crippen MR) is 112 cm³/mol. The van der Waals surface area contributed by atoms with Crippen LogP contribution in [-0.2, 0) is 5.75 Å². The maximum Gasteiger partial charge on any atom is 0.289 e. The van der Waals surface area contributed by atoms with E-state index in [9.17, 15) is 4.79 Å². The molecule has 2 aliphatic rings. The Morgan fingerprint density at radius 3 is 2.74 bits per heavy atom. The predicted octanol–water partition coefficient (Wildman–Crippen LogP) is 4.78. The Morgan fingerprint density at radius 1 is 1.07 bits per heavy atom. The number of hydrogen-bond donors (Lipinski definition) is 0. The molecule has 2 fully saturated rings. The summed E-state index contributed by atoms with van der Waals surface area (Å²) in [6.07, 6.45) is 7.70. The summed E-state index contributed by atoms with van der Waals surface area (Å²) in [6, 6.07) is 8.11. The molecule has 1 aromatic heterocycles. The van der Waals surface area contributed by atoms with Gasteiger partial charge < -0.3 is 14.2 Å². The number of amides is 1. The van der Waals surface area contributed by atoms with Crippen molar-refractivity contribution >= 4 is 28.6 Å². The summed E-state index contributed by atoms with van der Waals surface area (Å²) in [5.74, 6) is 1.51. The third-order valence-corrected chi connectivity index (χ3v) is 7.31. The Morgan fingerprint density at radius 2 is 1.89 bits per heavy atom. The summed E-state index contributed by atoms with van der Waals surface area (Å²) in [5, 5.41) is 1.83. The minimum Gasteiger partial charge on any atom is -0.451 e. The average Bonchev–Trinajstić information content (AvgIpc) is 2.93. The lowest BCUT2D eigenvalue weighted by Crippen LogP contribution is -2.34. The lowest BCUT2D eigenvalue weighted by Gasteiger charge is -2.22. The van der Waals surface area contributed by atoms with Gasteiger partial charge in [0.05, 0.1) is 0 Å². The van der Waals surface area contributed by atoms with Gasteiger partial charge in [-0.25, -0.2) is 0 Å². The van der Waals surface area contributed by atoms with E-state index in [2.05, 4.69) is 18.0 Å². The maximum absolute atomic E-state index is 13.3. The molecule has 4 rings (SSSR count). The zero-order valence-electron chi connectivity index (χ0n) is 16.3. The summed E-state index contributed by atoms with van der Waals surface area (Å²) in [7, 11) is 2.13. The quantitative estimate of drug-likeness (QED) is 0.758. The van der Waals surface area contributed by atoms with E-state index in [1.54, 1.807) is 0 Å². The van der Waals surface area contributed by atoms with Crippen LogP contribution < -0.4 is 0 Å². The molecule has 0 N–H and O–H groups in total. The molecule has 5 heteroatoms. The van der Waals surface area contributed by atoms with Crippen LogP contribution >= 0.6 is 11.8 Å². The first kappa shape index (κ1) is 18.9. The van der Waals surface area contributed by atoms with Gasteiger partial charge in [-0.2, -0.15) is 11.8 Å². The number of benzene rings is 1. The second-order valence-corrected chi connectivity index (χ2v) is 9.21. The standard InChI is InChI=1S/C22H30N2O2S/c1-23-12-7-13-24(15-14-23)22(25)21-19(16-27-17-8-3-2-4-9-17)18-10-5-6-11-20(18)26-21/h5-6,10-11,17H,2-4,7-9,12-16H2,1H3. The third kappa shape index (κ3) is 4.35. The Kier molecular flexibility index (Phi) is 6.08. The Hall–Kier alpha value is -1.46. The van der Waals surface area contributed by atoms with Gasteiger partial charge in [0, 0.05) is 41.6 Å². The van der Waals surface area contributed by atoms with E-state index in [0.29, 0.717) is 5.76 Å². The first-order valence-corrected chi connectivity index (χ1v) is 11.4. The van der Waals surface area contributed by atoms with Gasteiger partial charge in [-0.1, -0.05) is 37.5 Å². The molecule has 1 aliphatic carbocycles. The van der Waals surface area contributed by atoms with Gasteiger partial charge in [-0.15, -0.1) is 0 Å². The molecule has 0 spiro atoms. The lowest BCUT2D eigenvalue weighted by molar-refractivity contribution is 0.0732. The molecule has 0 atom stereocenters. The summed E-state index contributed by atoms with van der Waals surface area (Å²) in [4.78, 5) is 17.6. The minimum atomic E-state index is 0.0701. The Bertz CT molecular complexity index is 782. The van der Waals surface area contributed by atoms with Crippen molar-refractivity contribution in [2.45, 2.75) is 49.5 Å². The fourth-order valence-corrected chi connectivity index (χ4v) is 5.60. The van der Waals surface area contributed by atoms with Crippen molar-refractivity contribution < 1.29 is 9.21 Å². The van der Waals surface area contributed by atoms with E-state index < -0.39 is 0 Å². The van der Waals surface area contributed by atoms with E-state index >= 15 is 0 Å². The van der Waals surface area contributed by atoms with E-state index in [0.717, 1.165) is 60.1 Å². The van der Waals surface area contributed by atoms with Gasteiger partial charge in [-0.3, -0.25) is 4.79 Å². The van der Waals surface area contributed by atoms with Crippen LogP contribution in [0.25, 0.3) is 11.0 Å². The van der Waals surface area contributed by atoms with E-state index in [1.807, 2.05) is 34.9 Å². The molecular formula is C22H30N2O2S. The van der Waals surface area contributed by atoms with Crippen molar-refractivity contribution in [3.05, 3.63) is 35.6 Å². The minimum absolute atomic E-state index is 0.0701. The fraction of sp³-hybridized carbons (Fsp3) is 0.591. The van der Waals surface area contributed by atoms with Crippen LogP contribution in [-0.4, -0.2) is 54.2 Å². The molecule has 1 saturated heterocycles. The van der Waals surface area contributed by atoms with Gasteiger partial charge in [0.2, 0.25) is 0 Å². The highest BCUT2D eigenvalue weighted by Gasteiger charge is 2.27. The molecule has 1 saturated carbocycles. The van der Waals surface area contributed by atoms with Crippen LogP contribution in [0.15, 0.2) is 28.7 Å². The van der Waals surface area contributed by atoms with Crippen molar-refractivity contribution in [1.82, 2.24) is 9.80 Å². The van der Waals surface area contributed by atoms with Crippen LogP contribution in [0, 0.1) is 0 Å². The van der Waals surface area contributed by atoms with Crippen LogP contribution in [0.2, 0.25) is 0 Å². The van der Waals surface area contributed by atoms with Gasteiger partial charge >= 0.3 is 0 Å². The van der Waals surface area contributed by atoms with Crippen molar-refractivity contribution in [3.63, 3.8) is 0 Å². The van der Waals surface area contributed by atoms with Crippen molar-refractivity contribution in [2.75, 3.05) is 33.2 Å². The molecule has 1 amide bonds. The number of thioether (sulfide) groups is 1. The second-order valence-electron chi connectivity index (χ2n) is 7.93. The monoisotopic (exact) mass is 386 g/mol. The van der Waals surface area contributed by atoms with Crippen molar-refractivity contribution in [1.29, 1.82) is 0 Å². The lowest BCUT2D eigenvalue weighted by atomic mass is 10.0. The number of carbonyl (C=O) groups is 1. The Balaban J connectivity index is 1.58. The topological polar surface area (TPSA) is 36.7 Å². The molecule has 2 heterocycles. The molecule has 0 bridgehead atoms. The zero-order valence-corrected chi connectivity index (χ0v) is 17.1. The van der Waals surface area contributed by atoms with Gasteiger partial charge in [0.15, 0.2) is 5.76 Å². The van der Waals surface area contributed by atoms with Gasteiger partial charge in [0.1, 0.15) is 5.58 Å². The average molecular weight is 387 g/mol. The number of likely N-dealkylation sites (N-methyl/N-ethyl adjacent to an activating group) is 1. The largest absolute Gasteiger partial charge is 0.451 e. The molecule has 146 valence electrons. The summed E-state index contributed by atoms with van der Waals surface area (Å²) < 4.78 is 6.10. The Labute approximate surface area is 166 Å². The first-order chi connectivity index (χ1) is 13.2. The molecule has 2 aromatic rings. The van der Waals surface area contributed by atoms with Crippen LogP contribution in [0.3, 0.4) is 0 Å². The number of carbonyl (C=O) groups excluding carboxylic acids is 1. The van der Waals surface area contributed by atoms with E-state index in [-0.39, 0.29) is 5.91 Å². The van der Waals surface area contributed by atoms with Crippen molar-refractivity contribution in [2.24, 2.45) is 0 Å². The third-order valence-electron chi connectivity index (χ3n) is 5.91. The fourth-order valence-electron chi connectivity index (χ4n) is 4.24. The molecular weight excluding hydrogens is 356 g/mol. The number of rotatable bonds is 4. The highest BCUT2D eigenvalue weighted by Crippen LogP contribution is 2.35. The van der Waals surface area contributed by atoms with Gasteiger partial charge in [0.25, 0.3) is 5.91 Å². The molecule has 0 unspecified atom stereocenters. The molecule has 1 aromatic carbocycles. The first-order valence-electron chi connectivity index (χ1n) is 10.3. The SMILES string of the molecule is CN1CCCN(C(=O)c2oc3ccccc3c2CSC2CCCCC2)CC1. The summed E-state index contributed by atoms with van der Waals surface area (Å²) >= 11 is 2.01. The highest BCUT2D eigenvalue weighted by molar-refractivity contribution is 7.99. The summed E-state index contributed by atoms with van der Waals surface area (Å²) in [6.45, 7) is 3.57. The highest BCUT2D eigenvalue weighted by atomic mass is 32.2. The second kappa shape index (κ2) is 8.70. The smallest absolute Gasteiger partial charge is 0.289 e. The number of para-hydroxylation sites is 1. The van der Waals surface area contributed by atoms with Crippen molar-refractivity contribution in [3.8, 4) is 0 Å². The van der Waals surface area contributed by atoms with Crippen LogP contribution in [0.4, 0.5) is 0 Å². The van der Waals surface area contributed by atoms with E-state index in [1.165, 1.54) is 32.1 Å². The number of furan rings is 1. The molecule has 0 radical (unpaired) electrons. The zero-order chi connectivity index (χ0) is 18.6. The molecule has 4 nitrogen and oxygen atoms in total. The van der Waals surface area contributed by atoms with E-state index in [4.69, 9.17) is 4.42 Å².